The average Bonchev–Trinajstić information content (AvgIpc) is 2.92. The fraction of sp³-hybridized carbons (Fsp3) is 0.188. The number of fused-ring (bicyclic) bond motifs is 1. The van der Waals surface area contributed by atoms with Crippen LogP contribution in [0.4, 0.5) is 5.69 Å². The number of carbonyl (C=O) groups is 1. The summed E-state index contributed by atoms with van der Waals surface area (Å²) in [6, 6.07) is 11.7. The van der Waals surface area contributed by atoms with E-state index in [4.69, 9.17) is 4.74 Å². The third-order valence-electron chi connectivity index (χ3n) is 3.28. The maximum atomic E-state index is 12.0. The van der Waals surface area contributed by atoms with Gasteiger partial charge in [0, 0.05) is 11.9 Å². The third-order valence-corrected chi connectivity index (χ3v) is 3.28. The number of aryl methyl sites for hydroxylation is 2. The standard InChI is InChI=1S/C16H16N4O2/c1-11-6-7-12(2)13(9-11)17-15(21)10-22-16-19-18-14-5-3-4-8-20(14)16/h3-9H,10H2,1-2H3,(H,17,21). The lowest BCUT2D eigenvalue weighted by Gasteiger charge is -2.09. The minimum Gasteiger partial charge on any atom is -0.453 e. The molecule has 0 saturated carbocycles. The normalized spacial score (nSPS) is 10.6. The number of hydrogen-bond acceptors (Lipinski definition) is 4. The highest BCUT2D eigenvalue weighted by Gasteiger charge is 2.10. The van der Waals surface area contributed by atoms with Gasteiger partial charge in [-0.25, -0.2) is 0 Å². The van der Waals surface area contributed by atoms with Crippen molar-refractivity contribution in [1.82, 2.24) is 14.6 Å². The van der Waals surface area contributed by atoms with Gasteiger partial charge in [0.05, 0.1) is 0 Å². The number of nitrogens with zero attached hydrogens (tertiary/aromatic N) is 3. The van der Waals surface area contributed by atoms with E-state index in [2.05, 4.69) is 15.5 Å². The summed E-state index contributed by atoms with van der Waals surface area (Å²) >= 11 is 0. The largest absolute Gasteiger partial charge is 0.453 e. The lowest BCUT2D eigenvalue weighted by atomic mass is 10.1. The molecule has 0 spiro atoms. The summed E-state index contributed by atoms with van der Waals surface area (Å²) in [6.07, 6.45) is 1.78. The molecule has 0 bridgehead atoms. The molecule has 0 radical (unpaired) electrons. The van der Waals surface area contributed by atoms with Crippen LogP contribution in [0.1, 0.15) is 11.1 Å². The summed E-state index contributed by atoms with van der Waals surface area (Å²) in [4.78, 5) is 12.0. The number of pyridine rings is 1. The summed E-state index contributed by atoms with van der Waals surface area (Å²) in [5.41, 5.74) is 3.56. The number of anilines is 1. The van der Waals surface area contributed by atoms with Gasteiger partial charge in [-0.05, 0) is 43.2 Å². The summed E-state index contributed by atoms with van der Waals surface area (Å²) in [7, 11) is 0. The fourth-order valence-corrected chi connectivity index (χ4v) is 2.10. The van der Waals surface area contributed by atoms with Gasteiger partial charge >= 0.3 is 6.01 Å². The van der Waals surface area contributed by atoms with Crippen LogP contribution in [0.25, 0.3) is 5.65 Å². The number of carbonyl (C=O) groups excluding carboxylic acids is 1. The van der Waals surface area contributed by atoms with E-state index < -0.39 is 0 Å². The molecule has 1 aromatic carbocycles. The molecule has 6 nitrogen and oxygen atoms in total. The molecule has 0 aliphatic heterocycles. The van der Waals surface area contributed by atoms with Crippen LogP contribution in [0.5, 0.6) is 6.01 Å². The lowest BCUT2D eigenvalue weighted by Crippen LogP contribution is -2.21. The van der Waals surface area contributed by atoms with Crippen molar-refractivity contribution in [3.05, 3.63) is 53.7 Å². The van der Waals surface area contributed by atoms with E-state index in [1.807, 2.05) is 50.2 Å². The molecule has 1 N–H and O–H groups in total. The zero-order valence-electron chi connectivity index (χ0n) is 12.4. The minimum atomic E-state index is -0.235. The first kappa shape index (κ1) is 14.1. The van der Waals surface area contributed by atoms with Gasteiger partial charge in [0.1, 0.15) is 0 Å². The van der Waals surface area contributed by atoms with Crippen LogP contribution in [0, 0.1) is 13.8 Å². The Kier molecular flexibility index (Phi) is 3.74. The summed E-state index contributed by atoms with van der Waals surface area (Å²) < 4.78 is 7.13. The van der Waals surface area contributed by atoms with Crippen LogP contribution in [-0.2, 0) is 4.79 Å². The molecule has 0 saturated heterocycles. The van der Waals surface area contributed by atoms with E-state index in [-0.39, 0.29) is 12.5 Å². The second-order valence-electron chi connectivity index (χ2n) is 5.07. The van der Waals surface area contributed by atoms with Crippen molar-refractivity contribution in [3.63, 3.8) is 0 Å². The van der Waals surface area contributed by atoms with Crippen molar-refractivity contribution in [2.75, 3.05) is 11.9 Å². The highest BCUT2D eigenvalue weighted by atomic mass is 16.5. The Bertz CT molecular complexity index is 826. The molecule has 2 aromatic heterocycles. The molecule has 0 atom stereocenters. The molecule has 0 aliphatic rings. The van der Waals surface area contributed by atoms with Crippen molar-refractivity contribution in [3.8, 4) is 6.01 Å². The number of rotatable bonds is 4. The van der Waals surface area contributed by atoms with E-state index >= 15 is 0 Å². The SMILES string of the molecule is Cc1ccc(C)c(NC(=O)COc2nnc3ccccn23)c1. The van der Waals surface area contributed by atoms with Crippen molar-refractivity contribution in [1.29, 1.82) is 0 Å². The van der Waals surface area contributed by atoms with Crippen LogP contribution in [0.2, 0.25) is 0 Å². The maximum Gasteiger partial charge on any atom is 0.322 e. The van der Waals surface area contributed by atoms with Crippen LogP contribution in [-0.4, -0.2) is 27.1 Å². The first-order valence-electron chi connectivity index (χ1n) is 6.93. The Morgan fingerprint density at radius 3 is 2.95 bits per heavy atom. The quantitative estimate of drug-likeness (QED) is 0.802. The number of amides is 1. The predicted molar refractivity (Wildman–Crippen MR) is 83.0 cm³/mol. The molecule has 2 heterocycles. The smallest absolute Gasteiger partial charge is 0.322 e. The van der Waals surface area contributed by atoms with Gasteiger partial charge in [0.2, 0.25) is 0 Å². The van der Waals surface area contributed by atoms with Crippen LogP contribution in [0.3, 0.4) is 0 Å². The van der Waals surface area contributed by atoms with Crippen molar-refractivity contribution in [2.45, 2.75) is 13.8 Å². The molecule has 0 unspecified atom stereocenters. The van der Waals surface area contributed by atoms with Crippen LogP contribution < -0.4 is 10.1 Å². The molecular weight excluding hydrogens is 280 g/mol. The number of nitrogens with one attached hydrogen (secondary N) is 1. The van der Waals surface area contributed by atoms with Crippen molar-refractivity contribution in [2.24, 2.45) is 0 Å². The second kappa shape index (κ2) is 5.85. The molecule has 6 heteroatoms. The Morgan fingerprint density at radius 2 is 2.09 bits per heavy atom. The number of hydrogen-bond donors (Lipinski definition) is 1. The highest BCUT2D eigenvalue weighted by molar-refractivity contribution is 5.92. The van der Waals surface area contributed by atoms with Crippen LogP contribution in [0.15, 0.2) is 42.6 Å². The average molecular weight is 296 g/mol. The first-order valence-corrected chi connectivity index (χ1v) is 6.93. The Labute approximate surface area is 127 Å². The first-order chi connectivity index (χ1) is 10.6. The van der Waals surface area contributed by atoms with E-state index in [1.165, 1.54) is 0 Å². The molecule has 112 valence electrons. The van der Waals surface area contributed by atoms with E-state index in [0.717, 1.165) is 16.8 Å². The minimum absolute atomic E-state index is 0.122. The second-order valence-corrected chi connectivity index (χ2v) is 5.07. The fourth-order valence-electron chi connectivity index (χ4n) is 2.10. The Hall–Kier alpha value is -2.89. The van der Waals surface area contributed by atoms with Gasteiger partial charge in [-0.2, -0.15) is 0 Å². The Morgan fingerprint density at radius 1 is 1.23 bits per heavy atom. The number of ether oxygens (including phenoxy) is 1. The zero-order valence-corrected chi connectivity index (χ0v) is 12.4. The van der Waals surface area contributed by atoms with Gasteiger partial charge in [-0.3, -0.25) is 9.20 Å². The number of aromatic nitrogens is 3. The third kappa shape index (κ3) is 2.90. The molecular formula is C16H16N4O2. The molecule has 3 aromatic rings. The van der Waals surface area contributed by atoms with Gasteiger partial charge in [-0.1, -0.05) is 23.3 Å². The maximum absolute atomic E-state index is 12.0. The van der Waals surface area contributed by atoms with E-state index in [1.54, 1.807) is 10.6 Å². The van der Waals surface area contributed by atoms with Crippen molar-refractivity contribution < 1.29 is 9.53 Å². The van der Waals surface area contributed by atoms with Gasteiger partial charge in [-0.15, -0.1) is 5.10 Å². The molecule has 0 aliphatic carbocycles. The zero-order chi connectivity index (χ0) is 15.5. The van der Waals surface area contributed by atoms with E-state index in [0.29, 0.717) is 11.7 Å². The Balaban J connectivity index is 1.66. The van der Waals surface area contributed by atoms with Gasteiger partial charge < -0.3 is 10.1 Å². The molecule has 3 rings (SSSR count). The van der Waals surface area contributed by atoms with Gasteiger partial charge in [0.15, 0.2) is 12.3 Å². The predicted octanol–water partition coefficient (Wildman–Crippen LogP) is 2.36. The van der Waals surface area contributed by atoms with Gasteiger partial charge in [0.25, 0.3) is 5.91 Å². The lowest BCUT2D eigenvalue weighted by molar-refractivity contribution is -0.118. The van der Waals surface area contributed by atoms with Crippen molar-refractivity contribution >= 4 is 17.2 Å². The number of benzene rings is 1. The summed E-state index contributed by atoms with van der Waals surface area (Å²) in [5.74, 6) is -0.235. The molecule has 0 fully saturated rings. The summed E-state index contributed by atoms with van der Waals surface area (Å²) in [5, 5.41) is 10.7. The molecule has 1 amide bonds. The van der Waals surface area contributed by atoms with E-state index in [9.17, 15) is 4.79 Å². The topological polar surface area (TPSA) is 68.5 Å². The van der Waals surface area contributed by atoms with Crippen LogP contribution >= 0.6 is 0 Å². The monoisotopic (exact) mass is 296 g/mol. The highest BCUT2D eigenvalue weighted by Crippen LogP contribution is 2.16. The molecule has 22 heavy (non-hydrogen) atoms. The summed E-state index contributed by atoms with van der Waals surface area (Å²) in [6.45, 7) is 3.80.